The molecule has 0 aromatic carbocycles. The van der Waals surface area contributed by atoms with Gasteiger partial charge in [0.15, 0.2) is 5.76 Å². The smallest absolute Gasteiger partial charge is 0.339 e. The van der Waals surface area contributed by atoms with Gasteiger partial charge in [-0.2, -0.15) is 0 Å². The predicted molar refractivity (Wildman–Crippen MR) is 53.5 cm³/mol. The minimum Gasteiger partial charge on any atom is -0.478 e. The summed E-state index contributed by atoms with van der Waals surface area (Å²) in [6, 6.07) is 1.31. The highest BCUT2D eigenvalue weighted by Gasteiger charge is 2.34. The van der Waals surface area contributed by atoms with Crippen LogP contribution in [0.5, 0.6) is 0 Å². The average molecular weight is 213 g/mol. The third-order valence-electron chi connectivity index (χ3n) is 2.32. The molecule has 0 saturated heterocycles. The number of furan rings is 1. The molecule has 1 unspecified atom stereocenters. The highest BCUT2D eigenvalue weighted by molar-refractivity contribution is 5.89. The lowest BCUT2D eigenvalue weighted by atomic mass is 9.92. The Morgan fingerprint density at radius 1 is 1.67 bits per heavy atom. The fourth-order valence-corrected chi connectivity index (χ4v) is 1.56. The van der Waals surface area contributed by atoms with Crippen LogP contribution in [0.15, 0.2) is 16.7 Å². The highest BCUT2D eigenvalue weighted by Crippen LogP contribution is 2.29. The van der Waals surface area contributed by atoms with Gasteiger partial charge in [0.1, 0.15) is 11.2 Å². The van der Waals surface area contributed by atoms with Crippen LogP contribution in [0, 0.1) is 0 Å². The molecular formula is C10H15NO4. The fourth-order valence-electron chi connectivity index (χ4n) is 1.56. The van der Waals surface area contributed by atoms with E-state index in [1.54, 1.807) is 0 Å². The second-order valence-electron chi connectivity index (χ2n) is 3.45. The van der Waals surface area contributed by atoms with Crippen LogP contribution < -0.4 is 5.73 Å². The van der Waals surface area contributed by atoms with E-state index in [0.29, 0.717) is 12.8 Å². The first-order chi connectivity index (χ1) is 7.05. The molecule has 1 aromatic rings. The van der Waals surface area contributed by atoms with E-state index in [9.17, 15) is 9.90 Å². The number of nitrogens with two attached hydrogens (primary N) is 1. The topological polar surface area (TPSA) is 96.7 Å². The number of aromatic carboxylic acids is 1. The summed E-state index contributed by atoms with van der Waals surface area (Å²) in [4.78, 5) is 10.8. The van der Waals surface area contributed by atoms with Crippen LogP contribution in [0.1, 0.15) is 35.9 Å². The second kappa shape index (κ2) is 4.46. The molecule has 0 saturated carbocycles. The lowest BCUT2D eigenvalue weighted by Gasteiger charge is -2.24. The quantitative estimate of drug-likeness (QED) is 0.675. The van der Waals surface area contributed by atoms with E-state index >= 15 is 0 Å². The summed E-state index contributed by atoms with van der Waals surface area (Å²) >= 11 is 0. The van der Waals surface area contributed by atoms with E-state index in [-0.39, 0.29) is 17.9 Å². The first-order valence-corrected chi connectivity index (χ1v) is 4.79. The Hall–Kier alpha value is -1.33. The SMILES string of the molecule is CCCC(O)(CN)c1occc1C(=O)O. The number of rotatable bonds is 5. The van der Waals surface area contributed by atoms with Crippen molar-refractivity contribution in [2.75, 3.05) is 6.54 Å². The summed E-state index contributed by atoms with van der Waals surface area (Å²) in [5.41, 5.74) is 4.04. The minimum atomic E-state index is -1.38. The van der Waals surface area contributed by atoms with Crippen molar-refractivity contribution in [2.24, 2.45) is 5.73 Å². The Balaban J connectivity index is 3.11. The van der Waals surface area contributed by atoms with Crippen LogP contribution in [0.2, 0.25) is 0 Å². The molecule has 0 bridgehead atoms. The summed E-state index contributed by atoms with van der Waals surface area (Å²) in [5, 5.41) is 19.0. The molecule has 0 aliphatic heterocycles. The van der Waals surface area contributed by atoms with Crippen molar-refractivity contribution in [1.82, 2.24) is 0 Å². The third-order valence-corrected chi connectivity index (χ3v) is 2.32. The van der Waals surface area contributed by atoms with Gasteiger partial charge in [-0.1, -0.05) is 13.3 Å². The molecular weight excluding hydrogens is 198 g/mol. The van der Waals surface area contributed by atoms with E-state index in [4.69, 9.17) is 15.3 Å². The van der Waals surface area contributed by atoms with Gasteiger partial charge >= 0.3 is 5.97 Å². The zero-order chi connectivity index (χ0) is 11.5. The maximum Gasteiger partial charge on any atom is 0.339 e. The number of carbonyl (C=O) groups is 1. The molecule has 0 aliphatic rings. The van der Waals surface area contributed by atoms with E-state index in [1.807, 2.05) is 6.92 Å². The number of hydrogen-bond acceptors (Lipinski definition) is 4. The summed E-state index contributed by atoms with van der Waals surface area (Å²) in [7, 11) is 0. The van der Waals surface area contributed by atoms with Crippen LogP contribution in [-0.2, 0) is 5.60 Å². The van der Waals surface area contributed by atoms with Crippen LogP contribution in [0.4, 0.5) is 0 Å². The Bertz CT molecular complexity index is 347. The Morgan fingerprint density at radius 3 is 2.80 bits per heavy atom. The monoisotopic (exact) mass is 213 g/mol. The number of hydrogen-bond donors (Lipinski definition) is 3. The van der Waals surface area contributed by atoms with E-state index in [1.165, 1.54) is 12.3 Å². The van der Waals surface area contributed by atoms with Gasteiger partial charge in [0.2, 0.25) is 0 Å². The third kappa shape index (κ3) is 2.19. The van der Waals surface area contributed by atoms with Crippen molar-refractivity contribution in [3.8, 4) is 0 Å². The lowest BCUT2D eigenvalue weighted by Crippen LogP contribution is -2.35. The maximum absolute atomic E-state index is 10.8. The molecule has 0 amide bonds. The molecule has 0 aliphatic carbocycles. The summed E-state index contributed by atoms with van der Waals surface area (Å²) < 4.78 is 5.02. The Kier molecular flexibility index (Phi) is 3.49. The van der Waals surface area contributed by atoms with Gasteiger partial charge in [-0.15, -0.1) is 0 Å². The summed E-state index contributed by atoms with van der Waals surface area (Å²) in [5.74, 6) is -1.08. The molecule has 0 fully saturated rings. The van der Waals surface area contributed by atoms with Gasteiger partial charge < -0.3 is 20.4 Å². The lowest BCUT2D eigenvalue weighted by molar-refractivity contribution is 0.0122. The molecule has 4 N–H and O–H groups in total. The van der Waals surface area contributed by atoms with Crippen molar-refractivity contribution in [2.45, 2.75) is 25.4 Å². The zero-order valence-corrected chi connectivity index (χ0v) is 8.56. The highest BCUT2D eigenvalue weighted by atomic mass is 16.4. The normalized spacial score (nSPS) is 14.9. The van der Waals surface area contributed by atoms with Gasteiger partial charge in [-0.05, 0) is 12.5 Å². The molecule has 1 rings (SSSR count). The Labute approximate surface area is 87.5 Å². The molecule has 1 heterocycles. The van der Waals surface area contributed by atoms with E-state index in [0.717, 1.165) is 0 Å². The average Bonchev–Trinajstić information content (AvgIpc) is 2.67. The van der Waals surface area contributed by atoms with Gasteiger partial charge in [0.05, 0.1) is 6.26 Å². The first kappa shape index (κ1) is 11.7. The summed E-state index contributed by atoms with van der Waals surface area (Å²) in [6.07, 6.45) is 2.31. The van der Waals surface area contributed by atoms with Crippen LogP contribution in [0.3, 0.4) is 0 Å². The molecule has 1 atom stereocenters. The zero-order valence-electron chi connectivity index (χ0n) is 8.56. The van der Waals surface area contributed by atoms with Gasteiger partial charge in [0.25, 0.3) is 0 Å². The number of aliphatic hydroxyl groups is 1. The second-order valence-corrected chi connectivity index (χ2v) is 3.45. The van der Waals surface area contributed by atoms with Gasteiger partial charge in [-0.3, -0.25) is 0 Å². The van der Waals surface area contributed by atoms with Crippen molar-refractivity contribution in [1.29, 1.82) is 0 Å². The molecule has 5 heteroatoms. The van der Waals surface area contributed by atoms with Crippen LogP contribution in [0.25, 0.3) is 0 Å². The molecule has 84 valence electrons. The van der Waals surface area contributed by atoms with E-state index < -0.39 is 11.6 Å². The van der Waals surface area contributed by atoms with E-state index in [2.05, 4.69) is 0 Å². The van der Waals surface area contributed by atoms with Gasteiger partial charge in [0, 0.05) is 6.54 Å². The van der Waals surface area contributed by atoms with Crippen molar-refractivity contribution in [3.63, 3.8) is 0 Å². The van der Waals surface area contributed by atoms with Crippen LogP contribution >= 0.6 is 0 Å². The molecule has 0 radical (unpaired) electrons. The van der Waals surface area contributed by atoms with Crippen molar-refractivity contribution < 1.29 is 19.4 Å². The summed E-state index contributed by atoms with van der Waals surface area (Å²) in [6.45, 7) is 1.82. The largest absolute Gasteiger partial charge is 0.478 e. The molecule has 0 spiro atoms. The minimum absolute atomic E-state index is 0.0311. The molecule has 1 aromatic heterocycles. The standard InChI is InChI=1S/C10H15NO4/c1-2-4-10(14,6-11)8-7(9(12)13)3-5-15-8/h3,5,14H,2,4,6,11H2,1H3,(H,12,13). The Morgan fingerprint density at radius 2 is 2.33 bits per heavy atom. The molecule has 5 nitrogen and oxygen atoms in total. The van der Waals surface area contributed by atoms with Gasteiger partial charge in [-0.25, -0.2) is 4.79 Å². The predicted octanol–water partition coefficient (Wildman–Crippen LogP) is 0.924. The number of carboxylic acids is 1. The van der Waals surface area contributed by atoms with Crippen LogP contribution in [-0.4, -0.2) is 22.7 Å². The van der Waals surface area contributed by atoms with Crippen molar-refractivity contribution >= 4 is 5.97 Å². The fraction of sp³-hybridized carbons (Fsp3) is 0.500. The maximum atomic E-state index is 10.8. The first-order valence-electron chi connectivity index (χ1n) is 4.79. The molecule has 15 heavy (non-hydrogen) atoms. The number of carboxylic acid groups (broad SMARTS) is 1. The van der Waals surface area contributed by atoms with Crippen molar-refractivity contribution in [3.05, 3.63) is 23.7 Å².